The highest BCUT2D eigenvalue weighted by atomic mass is 16.3. The van der Waals surface area contributed by atoms with Crippen molar-refractivity contribution in [2.45, 2.75) is 19.6 Å². The highest BCUT2D eigenvalue weighted by molar-refractivity contribution is 5.67. The topological polar surface area (TPSA) is 44.3 Å². The third-order valence-electron chi connectivity index (χ3n) is 4.42. The molecule has 3 nitrogen and oxygen atoms in total. The summed E-state index contributed by atoms with van der Waals surface area (Å²) in [6, 6.07) is 17.2. The normalized spacial score (nSPS) is 21.2. The molecule has 1 aliphatic rings. The van der Waals surface area contributed by atoms with Gasteiger partial charge in [0.25, 0.3) is 0 Å². The maximum absolute atomic E-state index is 9.81. The Hall–Kier alpha value is -1.68. The first-order valence-electron chi connectivity index (χ1n) is 7.98. The van der Waals surface area contributed by atoms with E-state index in [2.05, 4.69) is 66.1 Å². The summed E-state index contributed by atoms with van der Waals surface area (Å²) >= 11 is 0. The maximum atomic E-state index is 9.81. The van der Waals surface area contributed by atoms with Crippen LogP contribution in [0.25, 0.3) is 11.1 Å². The van der Waals surface area contributed by atoms with E-state index in [4.69, 9.17) is 0 Å². The quantitative estimate of drug-likeness (QED) is 0.793. The lowest BCUT2D eigenvalue weighted by molar-refractivity contribution is 0.146. The molecular weight excluding hydrogens is 272 g/mol. The zero-order valence-electron chi connectivity index (χ0n) is 13.0. The number of rotatable bonds is 5. The van der Waals surface area contributed by atoms with Gasteiger partial charge in [0.2, 0.25) is 0 Å². The van der Waals surface area contributed by atoms with Crippen molar-refractivity contribution in [2.75, 3.05) is 19.6 Å². The van der Waals surface area contributed by atoms with Gasteiger partial charge in [-0.15, -0.1) is 0 Å². The van der Waals surface area contributed by atoms with E-state index in [1.54, 1.807) is 0 Å². The second kappa shape index (κ2) is 7.05. The Morgan fingerprint density at radius 2 is 2.00 bits per heavy atom. The van der Waals surface area contributed by atoms with Crippen LogP contribution in [0.3, 0.4) is 0 Å². The lowest BCUT2D eigenvalue weighted by Gasteiger charge is -2.14. The lowest BCUT2D eigenvalue weighted by atomic mass is 9.99. The van der Waals surface area contributed by atoms with Gasteiger partial charge in [0, 0.05) is 32.1 Å². The van der Waals surface area contributed by atoms with Gasteiger partial charge in [0.05, 0.1) is 6.10 Å². The number of nitrogens with one attached hydrogen (secondary N) is 2. The molecule has 3 heteroatoms. The van der Waals surface area contributed by atoms with E-state index in [1.165, 1.54) is 22.3 Å². The summed E-state index contributed by atoms with van der Waals surface area (Å²) in [7, 11) is 0. The molecule has 3 rings (SSSR count). The molecule has 0 spiro atoms. The SMILES string of the molecule is Cc1ccccc1-c1cccc(CNCC2CNCC2O)c1. The Morgan fingerprint density at radius 1 is 1.14 bits per heavy atom. The summed E-state index contributed by atoms with van der Waals surface area (Å²) in [5, 5.41) is 16.5. The Labute approximate surface area is 132 Å². The van der Waals surface area contributed by atoms with Gasteiger partial charge in [-0.25, -0.2) is 0 Å². The second-order valence-electron chi connectivity index (χ2n) is 6.13. The fraction of sp³-hybridized carbons (Fsp3) is 0.368. The summed E-state index contributed by atoms with van der Waals surface area (Å²) in [6.07, 6.45) is -0.217. The number of aliphatic hydroxyl groups excluding tert-OH is 1. The van der Waals surface area contributed by atoms with Gasteiger partial charge in [-0.3, -0.25) is 0 Å². The van der Waals surface area contributed by atoms with Gasteiger partial charge in [-0.1, -0.05) is 42.5 Å². The molecule has 0 saturated carbocycles. The molecule has 3 N–H and O–H groups in total. The van der Waals surface area contributed by atoms with Crippen LogP contribution < -0.4 is 10.6 Å². The summed E-state index contributed by atoms with van der Waals surface area (Å²) in [6.45, 7) is 5.45. The molecule has 2 atom stereocenters. The van der Waals surface area contributed by atoms with Crippen molar-refractivity contribution < 1.29 is 5.11 Å². The van der Waals surface area contributed by atoms with E-state index in [0.717, 1.165) is 26.2 Å². The molecule has 2 unspecified atom stereocenters. The van der Waals surface area contributed by atoms with Gasteiger partial charge in [-0.05, 0) is 35.2 Å². The first-order chi connectivity index (χ1) is 10.7. The molecule has 0 radical (unpaired) electrons. The molecule has 0 aromatic heterocycles. The van der Waals surface area contributed by atoms with Gasteiger partial charge in [0.1, 0.15) is 0 Å². The van der Waals surface area contributed by atoms with Gasteiger partial charge >= 0.3 is 0 Å². The van der Waals surface area contributed by atoms with E-state index in [9.17, 15) is 5.11 Å². The largest absolute Gasteiger partial charge is 0.391 e. The van der Waals surface area contributed by atoms with Crippen molar-refractivity contribution in [3.63, 3.8) is 0 Å². The molecule has 1 saturated heterocycles. The summed E-state index contributed by atoms with van der Waals surface area (Å²) < 4.78 is 0. The number of benzene rings is 2. The lowest BCUT2D eigenvalue weighted by Crippen LogP contribution is -2.30. The van der Waals surface area contributed by atoms with Gasteiger partial charge < -0.3 is 15.7 Å². The van der Waals surface area contributed by atoms with Crippen molar-refractivity contribution in [3.05, 3.63) is 59.7 Å². The highest BCUT2D eigenvalue weighted by Gasteiger charge is 2.23. The number of aryl methyl sites for hydroxylation is 1. The zero-order valence-corrected chi connectivity index (χ0v) is 13.0. The first-order valence-corrected chi connectivity index (χ1v) is 7.98. The Morgan fingerprint density at radius 3 is 2.77 bits per heavy atom. The number of aliphatic hydroxyl groups is 1. The van der Waals surface area contributed by atoms with E-state index in [0.29, 0.717) is 5.92 Å². The summed E-state index contributed by atoms with van der Waals surface area (Å²) in [4.78, 5) is 0. The average Bonchev–Trinajstić information content (AvgIpc) is 2.93. The monoisotopic (exact) mass is 296 g/mol. The molecule has 116 valence electrons. The first kappa shape index (κ1) is 15.2. The molecule has 0 aliphatic carbocycles. The molecule has 0 bridgehead atoms. The molecule has 1 fully saturated rings. The third kappa shape index (κ3) is 3.55. The number of hydrogen-bond acceptors (Lipinski definition) is 3. The summed E-state index contributed by atoms with van der Waals surface area (Å²) in [5.41, 5.74) is 5.13. The Balaban J connectivity index is 1.63. The number of hydrogen-bond donors (Lipinski definition) is 3. The smallest absolute Gasteiger partial charge is 0.0716 e. The fourth-order valence-electron chi connectivity index (χ4n) is 3.08. The van der Waals surface area contributed by atoms with Crippen LogP contribution in [0.15, 0.2) is 48.5 Å². The van der Waals surface area contributed by atoms with Crippen LogP contribution in [0.1, 0.15) is 11.1 Å². The van der Waals surface area contributed by atoms with Crippen LogP contribution in [-0.2, 0) is 6.54 Å². The van der Waals surface area contributed by atoms with Crippen LogP contribution in [-0.4, -0.2) is 30.8 Å². The van der Waals surface area contributed by atoms with Crippen molar-refractivity contribution in [1.29, 1.82) is 0 Å². The molecule has 1 heterocycles. The van der Waals surface area contributed by atoms with Crippen LogP contribution in [0.4, 0.5) is 0 Å². The number of β-amino-alcohol motifs (C(OH)–C–C–N with tert-alkyl or cyclic N) is 1. The molecule has 1 aliphatic heterocycles. The third-order valence-corrected chi connectivity index (χ3v) is 4.42. The van der Waals surface area contributed by atoms with Crippen LogP contribution in [0.5, 0.6) is 0 Å². The zero-order chi connectivity index (χ0) is 15.4. The highest BCUT2D eigenvalue weighted by Crippen LogP contribution is 2.23. The average molecular weight is 296 g/mol. The minimum absolute atomic E-state index is 0.217. The fourth-order valence-corrected chi connectivity index (χ4v) is 3.08. The molecule has 2 aromatic carbocycles. The van der Waals surface area contributed by atoms with E-state index in [1.807, 2.05) is 0 Å². The molecule has 22 heavy (non-hydrogen) atoms. The van der Waals surface area contributed by atoms with Crippen molar-refractivity contribution in [1.82, 2.24) is 10.6 Å². The molecule has 0 amide bonds. The predicted octanol–water partition coefficient (Wildman–Crippen LogP) is 2.33. The van der Waals surface area contributed by atoms with Crippen LogP contribution >= 0.6 is 0 Å². The minimum Gasteiger partial charge on any atom is -0.391 e. The van der Waals surface area contributed by atoms with Crippen molar-refractivity contribution in [2.24, 2.45) is 5.92 Å². The summed E-state index contributed by atoms with van der Waals surface area (Å²) in [5.74, 6) is 0.319. The van der Waals surface area contributed by atoms with Crippen LogP contribution in [0, 0.1) is 12.8 Å². The van der Waals surface area contributed by atoms with Gasteiger partial charge in [-0.2, -0.15) is 0 Å². The predicted molar refractivity (Wildman–Crippen MR) is 90.7 cm³/mol. The second-order valence-corrected chi connectivity index (χ2v) is 6.13. The van der Waals surface area contributed by atoms with Crippen LogP contribution in [0.2, 0.25) is 0 Å². The Kier molecular flexibility index (Phi) is 4.88. The van der Waals surface area contributed by atoms with E-state index in [-0.39, 0.29) is 6.10 Å². The van der Waals surface area contributed by atoms with E-state index < -0.39 is 0 Å². The van der Waals surface area contributed by atoms with Gasteiger partial charge in [0.15, 0.2) is 0 Å². The van der Waals surface area contributed by atoms with E-state index >= 15 is 0 Å². The van der Waals surface area contributed by atoms with Crippen molar-refractivity contribution >= 4 is 0 Å². The molecule has 2 aromatic rings. The standard InChI is InChI=1S/C19H24N2O/c1-14-5-2-3-8-18(14)16-7-4-6-15(9-16)10-20-11-17-12-21-13-19(17)22/h2-9,17,19-22H,10-13H2,1H3. The van der Waals surface area contributed by atoms with Crippen molar-refractivity contribution in [3.8, 4) is 11.1 Å². The maximum Gasteiger partial charge on any atom is 0.0716 e. The minimum atomic E-state index is -0.217. The Bertz CT molecular complexity index is 626. The molecular formula is C19H24N2O.